The average Bonchev–Trinajstić information content (AvgIpc) is 2.39. The minimum absolute atomic E-state index is 0.126. The zero-order valence-electron chi connectivity index (χ0n) is 12.3. The molecule has 3 nitrogen and oxygen atoms in total. The molecule has 1 aliphatic heterocycles. The van der Waals surface area contributed by atoms with Crippen molar-refractivity contribution < 1.29 is 4.79 Å². The lowest BCUT2D eigenvalue weighted by atomic mass is 9.85. The van der Waals surface area contributed by atoms with Crippen LogP contribution in [0.5, 0.6) is 0 Å². The van der Waals surface area contributed by atoms with Crippen molar-refractivity contribution in [2.24, 2.45) is 11.8 Å². The van der Waals surface area contributed by atoms with E-state index in [4.69, 9.17) is 0 Å². The summed E-state index contributed by atoms with van der Waals surface area (Å²) in [4.78, 5) is 11.4. The second-order valence-corrected chi connectivity index (χ2v) is 5.83. The molecule has 1 aromatic rings. The molecule has 0 saturated carbocycles. The number of carbonyl (C=O) groups excluding carboxylic acids is 1. The van der Waals surface area contributed by atoms with Crippen molar-refractivity contribution in [1.82, 2.24) is 5.32 Å². The van der Waals surface area contributed by atoms with Crippen LogP contribution >= 0.6 is 0 Å². The fraction of sp³-hybridized carbons (Fsp3) is 0.562. The highest BCUT2D eigenvalue weighted by molar-refractivity contribution is 5.93. The maximum Gasteiger partial charge on any atom is 0.224 e. The van der Waals surface area contributed by atoms with E-state index in [2.05, 4.69) is 43.5 Å². The van der Waals surface area contributed by atoms with Crippen LogP contribution in [-0.4, -0.2) is 13.0 Å². The van der Waals surface area contributed by atoms with Gasteiger partial charge in [-0.3, -0.25) is 4.79 Å². The summed E-state index contributed by atoms with van der Waals surface area (Å²) in [6.45, 7) is 6.80. The maximum absolute atomic E-state index is 11.4. The highest BCUT2D eigenvalue weighted by Crippen LogP contribution is 2.31. The van der Waals surface area contributed by atoms with Crippen LogP contribution in [0.1, 0.15) is 44.4 Å². The van der Waals surface area contributed by atoms with E-state index >= 15 is 0 Å². The van der Waals surface area contributed by atoms with Crippen molar-refractivity contribution in [3.8, 4) is 0 Å². The predicted octanol–water partition coefficient (Wildman–Crippen LogP) is 3.12. The standard InChI is InChI=1S/C16H24N2O/c1-10(2)11(3)16(17-4)13-5-7-14-12(9-13)6-8-15(19)18-14/h5,7,9-11,16-17H,6,8H2,1-4H3,(H,18,19). The summed E-state index contributed by atoms with van der Waals surface area (Å²) in [5, 5.41) is 6.36. The maximum atomic E-state index is 11.4. The van der Waals surface area contributed by atoms with Crippen LogP contribution in [0.3, 0.4) is 0 Å². The van der Waals surface area contributed by atoms with Crippen LogP contribution in [0.25, 0.3) is 0 Å². The van der Waals surface area contributed by atoms with Gasteiger partial charge in [0, 0.05) is 18.2 Å². The van der Waals surface area contributed by atoms with Crippen molar-refractivity contribution >= 4 is 11.6 Å². The first-order chi connectivity index (χ1) is 9.02. The van der Waals surface area contributed by atoms with Crippen molar-refractivity contribution in [3.05, 3.63) is 29.3 Å². The van der Waals surface area contributed by atoms with E-state index in [1.165, 1.54) is 11.1 Å². The Balaban J connectivity index is 2.27. The molecule has 104 valence electrons. The normalized spacial score (nSPS) is 17.8. The zero-order valence-corrected chi connectivity index (χ0v) is 12.3. The van der Waals surface area contributed by atoms with Crippen molar-refractivity contribution in [3.63, 3.8) is 0 Å². The smallest absolute Gasteiger partial charge is 0.224 e. The van der Waals surface area contributed by atoms with E-state index in [1.54, 1.807) is 0 Å². The summed E-state index contributed by atoms with van der Waals surface area (Å²) in [6.07, 6.45) is 1.45. The van der Waals surface area contributed by atoms with Crippen LogP contribution in [0.2, 0.25) is 0 Å². The molecule has 1 aromatic carbocycles. The van der Waals surface area contributed by atoms with Crippen molar-refractivity contribution in [1.29, 1.82) is 0 Å². The predicted molar refractivity (Wildman–Crippen MR) is 79.2 cm³/mol. The van der Waals surface area contributed by atoms with E-state index in [0.29, 0.717) is 24.3 Å². The highest BCUT2D eigenvalue weighted by atomic mass is 16.1. The molecule has 2 N–H and O–H groups in total. The Bertz CT molecular complexity index is 468. The van der Waals surface area contributed by atoms with Gasteiger partial charge in [0.2, 0.25) is 5.91 Å². The fourth-order valence-electron chi connectivity index (χ4n) is 2.71. The van der Waals surface area contributed by atoms with Gasteiger partial charge in [-0.2, -0.15) is 0 Å². The minimum Gasteiger partial charge on any atom is -0.326 e. The first-order valence-corrected chi connectivity index (χ1v) is 7.13. The average molecular weight is 260 g/mol. The van der Waals surface area contributed by atoms with Gasteiger partial charge < -0.3 is 10.6 Å². The molecule has 2 unspecified atom stereocenters. The van der Waals surface area contributed by atoms with E-state index < -0.39 is 0 Å². The Kier molecular flexibility index (Phi) is 4.25. The number of rotatable bonds is 4. The third-order valence-electron chi connectivity index (χ3n) is 4.27. The first-order valence-electron chi connectivity index (χ1n) is 7.13. The summed E-state index contributed by atoms with van der Waals surface area (Å²) in [5.74, 6) is 1.33. The number of hydrogen-bond acceptors (Lipinski definition) is 2. The summed E-state index contributed by atoms with van der Waals surface area (Å²) >= 11 is 0. The van der Waals surface area contributed by atoms with E-state index in [1.807, 2.05) is 13.1 Å². The number of benzene rings is 1. The highest BCUT2D eigenvalue weighted by Gasteiger charge is 2.22. The number of carbonyl (C=O) groups is 1. The molecule has 0 saturated heterocycles. The molecule has 0 aromatic heterocycles. The molecular weight excluding hydrogens is 236 g/mol. The Morgan fingerprint density at radius 2 is 1.95 bits per heavy atom. The molecule has 2 atom stereocenters. The molecule has 0 aliphatic carbocycles. The van der Waals surface area contributed by atoms with Gasteiger partial charge in [0.05, 0.1) is 0 Å². The van der Waals surface area contributed by atoms with Gasteiger partial charge in [0.15, 0.2) is 0 Å². The number of amides is 1. The molecule has 1 aliphatic rings. The van der Waals surface area contributed by atoms with Gasteiger partial charge in [0.25, 0.3) is 0 Å². The molecule has 2 rings (SSSR count). The number of aryl methyl sites for hydroxylation is 1. The van der Waals surface area contributed by atoms with Gasteiger partial charge >= 0.3 is 0 Å². The Labute approximate surface area is 115 Å². The third kappa shape index (κ3) is 2.98. The van der Waals surface area contributed by atoms with Crippen molar-refractivity contribution in [2.45, 2.75) is 39.7 Å². The molecule has 0 bridgehead atoms. The fourth-order valence-corrected chi connectivity index (χ4v) is 2.71. The number of hydrogen-bond donors (Lipinski definition) is 2. The van der Waals surface area contributed by atoms with Gasteiger partial charge in [-0.1, -0.05) is 32.9 Å². The summed E-state index contributed by atoms with van der Waals surface area (Å²) in [7, 11) is 2.02. The number of fused-ring (bicyclic) bond motifs is 1. The number of nitrogens with one attached hydrogen (secondary N) is 2. The van der Waals surface area contributed by atoms with E-state index in [0.717, 1.165) is 12.1 Å². The second-order valence-electron chi connectivity index (χ2n) is 5.83. The molecule has 19 heavy (non-hydrogen) atoms. The Morgan fingerprint density at radius 1 is 1.21 bits per heavy atom. The Morgan fingerprint density at radius 3 is 2.58 bits per heavy atom. The SMILES string of the molecule is CNC(c1ccc2c(c1)CCC(=O)N2)C(C)C(C)C. The topological polar surface area (TPSA) is 41.1 Å². The second kappa shape index (κ2) is 5.74. The Hall–Kier alpha value is -1.35. The van der Waals surface area contributed by atoms with Crippen molar-refractivity contribution in [2.75, 3.05) is 12.4 Å². The lowest BCUT2D eigenvalue weighted by Gasteiger charge is -2.28. The summed E-state index contributed by atoms with van der Waals surface area (Å²) < 4.78 is 0. The largest absolute Gasteiger partial charge is 0.326 e. The van der Waals surface area contributed by atoms with E-state index in [-0.39, 0.29) is 5.91 Å². The lowest BCUT2D eigenvalue weighted by Crippen LogP contribution is -2.27. The van der Waals surface area contributed by atoms with Crippen LogP contribution in [0, 0.1) is 11.8 Å². The molecule has 1 amide bonds. The van der Waals surface area contributed by atoms with Crippen LogP contribution in [0.4, 0.5) is 5.69 Å². The summed E-state index contributed by atoms with van der Waals surface area (Å²) in [5.41, 5.74) is 3.55. The van der Waals surface area contributed by atoms with Crippen LogP contribution < -0.4 is 10.6 Å². The van der Waals surface area contributed by atoms with E-state index in [9.17, 15) is 4.79 Å². The molecule has 0 fully saturated rings. The molecule has 3 heteroatoms. The minimum atomic E-state index is 0.126. The number of anilines is 1. The van der Waals surface area contributed by atoms with Gasteiger partial charge in [-0.15, -0.1) is 0 Å². The lowest BCUT2D eigenvalue weighted by molar-refractivity contribution is -0.116. The van der Waals surface area contributed by atoms with Gasteiger partial charge in [0.1, 0.15) is 0 Å². The molecule has 0 radical (unpaired) electrons. The van der Waals surface area contributed by atoms with Crippen LogP contribution in [-0.2, 0) is 11.2 Å². The molecule has 0 spiro atoms. The molecular formula is C16H24N2O. The zero-order chi connectivity index (χ0) is 14.0. The monoisotopic (exact) mass is 260 g/mol. The molecule has 1 heterocycles. The quantitative estimate of drug-likeness (QED) is 0.873. The first kappa shape index (κ1) is 14.1. The van der Waals surface area contributed by atoms with Crippen LogP contribution in [0.15, 0.2) is 18.2 Å². The summed E-state index contributed by atoms with van der Waals surface area (Å²) in [6, 6.07) is 6.78. The van der Waals surface area contributed by atoms with Gasteiger partial charge in [-0.25, -0.2) is 0 Å². The van der Waals surface area contributed by atoms with Gasteiger partial charge in [-0.05, 0) is 42.5 Å². The third-order valence-corrected chi connectivity index (χ3v) is 4.27.